The molecular weight excluding hydrogens is 785 g/mol. The van der Waals surface area contributed by atoms with E-state index in [9.17, 15) is 0 Å². The Morgan fingerprint density at radius 2 is 0.631 bits per heavy atom. The van der Waals surface area contributed by atoms with Gasteiger partial charge < -0.3 is 9.80 Å². The summed E-state index contributed by atoms with van der Waals surface area (Å²) in [7, 11) is 0. The molecule has 0 amide bonds. The van der Waals surface area contributed by atoms with Crippen LogP contribution in [0.25, 0.3) is 33.4 Å². The van der Waals surface area contributed by atoms with Gasteiger partial charge in [0.15, 0.2) is 0 Å². The highest BCUT2D eigenvalue weighted by molar-refractivity contribution is 6.01. The van der Waals surface area contributed by atoms with Gasteiger partial charge in [-0.25, -0.2) is 0 Å². The molecule has 0 bridgehead atoms. The van der Waals surface area contributed by atoms with E-state index in [1.54, 1.807) is 0 Å². The maximum atomic E-state index is 2.70. The van der Waals surface area contributed by atoms with Crippen LogP contribution in [0.3, 0.4) is 0 Å². The van der Waals surface area contributed by atoms with Crippen LogP contribution in [0, 0.1) is 0 Å². The maximum Gasteiger partial charge on any atom is 0.0545 e. The zero-order chi connectivity index (χ0) is 44.7. The van der Waals surface area contributed by atoms with Crippen molar-refractivity contribution in [1.29, 1.82) is 0 Å². The number of para-hydroxylation sites is 1. The SMILES string of the molecule is CC1(C)c2ccccc2-c2ccc(N(c3ccc4c(c3)C(C)(C)c3ccccc3-4)c3cc4c5c(c3)C(C)(C)c3cc(-c6ccccc6)cc6c3N5c3c(cccc3C4(C)C)C6(C)C)cc21. The highest BCUT2D eigenvalue weighted by Crippen LogP contribution is 2.67. The van der Waals surface area contributed by atoms with Gasteiger partial charge in [-0.3, -0.25) is 0 Å². The first-order valence-corrected chi connectivity index (χ1v) is 23.7. The van der Waals surface area contributed by atoms with E-state index >= 15 is 0 Å². The number of anilines is 6. The third kappa shape index (κ3) is 4.80. The van der Waals surface area contributed by atoms with E-state index in [0.29, 0.717) is 0 Å². The predicted molar refractivity (Wildman–Crippen MR) is 273 cm³/mol. The van der Waals surface area contributed by atoms with Crippen molar-refractivity contribution in [2.75, 3.05) is 9.80 Å². The van der Waals surface area contributed by atoms with Gasteiger partial charge in [0.05, 0.1) is 17.1 Å². The first kappa shape index (κ1) is 38.8. The lowest BCUT2D eigenvalue weighted by molar-refractivity contribution is 0.567. The van der Waals surface area contributed by atoms with E-state index in [2.05, 4.69) is 237 Å². The van der Waals surface area contributed by atoms with E-state index in [4.69, 9.17) is 0 Å². The lowest BCUT2D eigenvalue weighted by atomic mass is 9.60. The number of rotatable bonds is 4. The summed E-state index contributed by atoms with van der Waals surface area (Å²) in [6, 6.07) is 60.9. The second-order valence-corrected chi connectivity index (χ2v) is 22.2. The number of hydrogen-bond acceptors (Lipinski definition) is 2. The topological polar surface area (TPSA) is 6.48 Å². The van der Waals surface area contributed by atoms with Crippen LogP contribution in [0.2, 0.25) is 0 Å². The second-order valence-electron chi connectivity index (χ2n) is 22.2. The fourth-order valence-corrected chi connectivity index (χ4v) is 13.2. The van der Waals surface area contributed by atoms with Crippen molar-refractivity contribution in [3.05, 3.63) is 213 Å². The molecule has 318 valence electrons. The minimum Gasteiger partial charge on any atom is -0.310 e. The summed E-state index contributed by atoms with van der Waals surface area (Å²) in [6.45, 7) is 24.4. The summed E-state index contributed by atoms with van der Waals surface area (Å²) in [5.41, 5.74) is 28.4. The molecular formula is C63H56N2. The molecule has 8 aromatic carbocycles. The molecule has 0 atom stereocenters. The zero-order valence-electron chi connectivity index (χ0n) is 39.4. The Bertz CT molecular complexity index is 3300. The van der Waals surface area contributed by atoms with Gasteiger partial charge in [0.25, 0.3) is 0 Å². The third-order valence-electron chi connectivity index (χ3n) is 17.0. The van der Waals surface area contributed by atoms with Gasteiger partial charge in [0.2, 0.25) is 0 Å². The molecule has 5 aliphatic rings. The van der Waals surface area contributed by atoms with E-state index in [1.807, 2.05) is 0 Å². The molecule has 0 unspecified atom stereocenters. The van der Waals surface area contributed by atoms with Crippen molar-refractivity contribution in [2.24, 2.45) is 0 Å². The van der Waals surface area contributed by atoms with E-state index < -0.39 is 0 Å². The molecule has 2 nitrogen and oxygen atoms in total. The average molecular weight is 841 g/mol. The summed E-state index contributed by atoms with van der Waals surface area (Å²) < 4.78 is 0. The normalized spacial score (nSPS) is 18.0. The number of fused-ring (bicyclic) bond motifs is 6. The van der Waals surface area contributed by atoms with E-state index in [0.717, 1.165) is 0 Å². The zero-order valence-corrected chi connectivity index (χ0v) is 39.4. The fourth-order valence-electron chi connectivity index (χ4n) is 13.2. The highest BCUT2D eigenvalue weighted by Gasteiger charge is 2.52. The first-order chi connectivity index (χ1) is 31.0. The van der Waals surface area contributed by atoms with Crippen LogP contribution < -0.4 is 9.80 Å². The molecule has 3 heterocycles. The van der Waals surface area contributed by atoms with E-state index in [1.165, 1.54) is 123 Å². The van der Waals surface area contributed by atoms with Gasteiger partial charge >= 0.3 is 0 Å². The van der Waals surface area contributed by atoms with E-state index in [-0.39, 0.29) is 27.1 Å². The summed E-state index contributed by atoms with van der Waals surface area (Å²) in [5, 5.41) is 0. The van der Waals surface area contributed by atoms with Crippen LogP contribution in [0.4, 0.5) is 34.1 Å². The lowest BCUT2D eigenvalue weighted by Crippen LogP contribution is -2.43. The molecule has 0 spiro atoms. The molecule has 0 radical (unpaired) electrons. The molecule has 2 heteroatoms. The summed E-state index contributed by atoms with van der Waals surface area (Å²) >= 11 is 0. The maximum absolute atomic E-state index is 2.70. The molecule has 0 saturated carbocycles. The van der Waals surface area contributed by atoms with Crippen molar-refractivity contribution in [2.45, 2.75) is 96.3 Å². The Labute approximate surface area is 385 Å². The van der Waals surface area contributed by atoms with Gasteiger partial charge in [-0.1, -0.05) is 178 Å². The Morgan fingerprint density at radius 3 is 1.12 bits per heavy atom. The highest BCUT2D eigenvalue weighted by atomic mass is 15.2. The van der Waals surface area contributed by atoms with Gasteiger partial charge in [0, 0.05) is 44.1 Å². The monoisotopic (exact) mass is 840 g/mol. The van der Waals surface area contributed by atoms with Crippen molar-refractivity contribution >= 4 is 34.1 Å². The van der Waals surface area contributed by atoms with Crippen molar-refractivity contribution in [3.8, 4) is 33.4 Å². The molecule has 2 aliphatic carbocycles. The molecule has 3 aliphatic heterocycles. The third-order valence-corrected chi connectivity index (χ3v) is 17.0. The number of benzene rings is 8. The lowest BCUT2D eigenvalue weighted by Gasteiger charge is -2.55. The quantitative estimate of drug-likeness (QED) is 0.174. The summed E-state index contributed by atoms with van der Waals surface area (Å²) in [4.78, 5) is 5.29. The summed E-state index contributed by atoms with van der Waals surface area (Å²) in [6.07, 6.45) is 0. The van der Waals surface area contributed by atoms with Crippen LogP contribution >= 0.6 is 0 Å². The number of nitrogens with zero attached hydrogens (tertiary/aromatic N) is 2. The number of hydrogen-bond donors (Lipinski definition) is 0. The predicted octanol–water partition coefficient (Wildman–Crippen LogP) is 16.8. The molecule has 0 aromatic heterocycles. The van der Waals surface area contributed by atoms with Gasteiger partial charge in [0.1, 0.15) is 0 Å². The smallest absolute Gasteiger partial charge is 0.0545 e. The van der Waals surface area contributed by atoms with Gasteiger partial charge in [-0.05, 0) is 138 Å². The van der Waals surface area contributed by atoms with Gasteiger partial charge in [-0.2, -0.15) is 0 Å². The Balaban J connectivity index is 1.10. The van der Waals surface area contributed by atoms with Crippen molar-refractivity contribution in [1.82, 2.24) is 0 Å². The second kappa shape index (κ2) is 12.4. The van der Waals surface area contributed by atoms with Crippen LogP contribution in [0.15, 0.2) is 158 Å². The Hall–Kier alpha value is -6.64. The Morgan fingerprint density at radius 1 is 0.277 bits per heavy atom. The van der Waals surface area contributed by atoms with Crippen LogP contribution in [0.5, 0.6) is 0 Å². The van der Waals surface area contributed by atoms with Crippen LogP contribution in [-0.2, 0) is 27.1 Å². The van der Waals surface area contributed by atoms with Crippen molar-refractivity contribution < 1.29 is 0 Å². The minimum atomic E-state index is -0.323. The standard InChI is InChI=1S/C63H56N2/c1-59(2)46-23-16-14-21-42(46)44-29-27-39(33-50(44)59)64(40-28-30-45-43-22-15-17-24-47(43)60(3,4)51(45)34-40)41-35-54-58-55(36-41)63(9,10)53-32-38(37-19-12-11-13-20-37)31-52-57(53)65(58)56-48(61(52,5)6)25-18-26-49(56)62(54,7)8/h11-36H,1-10H3. The summed E-state index contributed by atoms with van der Waals surface area (Å²) in [5.74, 6) is 0. The largest absolute Gasteiger partial charge is 0.310 e. The molecule has 8 aromatic rings. The fraction of sp³-hybridized carbons (Fsp3) is 0.238. The molecule has 65 heavy (non-hydrogen) atoms. The molecule has 0 fully saturated rings. The van der Waals surface area contributed by atoms with Gasteiger partial charge in [-0.15, -0.1) is 0 Å². The molecule has 0 N–H and O–H groups in total. The van der Waals surface area contributed by atoms with Crippen LogP contribution in [-0.4, -0.2) is 0 Å². The minimum absolute atomic E-state index is 0.137. The average Bonchev–Trinajstić information content (AvgIpc) is 3.67. The first-order valence-electron chi connectivity index (χ1n) is 23.7. The Kier molecular flexibility index (Phi) is 7.38. The van der Waals surface area contributed by atoms with Crippen LogP contribution in [0.1, 0.15) is 125 Å². The molecule has 0 saturated heterocycles. The van der Waals surface area contributed by atoms with Crippen molar-refractivity contribution in [3.63, 3.8) is 0 Å². The molecule has 13 rings (SSSR count).